The molecule has 0 aliphatic carbocycles. The van der Waals surface area contributed by atoms with E-state index in [0.717, 1.165) is 12.1 Å². The van der Waals surface area contributed by atoms with Crippen molar-refractivity contribution in [3.63, 3.8) is 0 Å². The van der Waals surface area contributed by atoms with E-state index >= 15 is 0 Å². The number of hydrogen-bond acceptors (Lipinski definition) is 12. The Hall–Kier alpha value is -5.34. The molecule has 214 valence electrons. The molecule has 16 nitrogen and oxygen atoms in total. The summed E-state index contributed by atoms with van der Waals surface area (Å²) in [5.74, 6) is 0.757. The lowest BCUT2D eigenvalue weighted by atomic mass is 9.97. The third kappa shape index (κ3) is 7.20. The number of rotatable bonds is 12. The van der Waals surface area contributed by atoms with Crippen LogP contribution in [-0.2, 0) is 4.79 Å². The number of hydrazine groups is 1. The number of aromatic carboxylic acids is 1. The Balaban J connectivity index is 2.21. The van der Waals surface area contributed by atoms with Crippen LogP contribution in [0.15, 0.2) is 64.0 Å². The minimum atomic E-state index is -1.62. The average Bonchev–Trinajstić information content (AvgIpc) is 2.90. The third-order valence-corrected chi connectivity index (χ3v) is 6.10. The van der Waals surface area contributed by atoms with Gasteiger partial charge in [0.1, 0.15) is 28.7 Å². The first-order chi connectivity index (χ1) is 19.5. The first kappa shape index (κ1) is 30.2. The molecular weight excluding hydrogens is 560 g/mol. The van der Waals surface area contributed by atoms with Gasteiger partial charge in [-0.2, -0.15) is 17.0 Å². The second kappa shape index (κ2) is 13.1. The van der Waals surface area contributed by atoms with Gasteiger partial charge in [-0.3, -0.25) is 14.9 Å². The van der Waals surface area contributed by atoms with Crippen LogP contribution in [-0.4, -0.2) is 62.1 Å². The predicted octanol–water partition coefficient (Wildman–Crippen LogP) is 1.43. The van der Waals surface area contributed by atoms with Crippen molar-refractivity contribution in [3.8, 4) is 17.6 Å². The average molecular weight is 585 g/mol. The largest absolute Gasteiger partial charge is 0.481 e. The SMILES string of the molecule is CSCCC(C(=O)O)C1=NC(Oc2cccc(N=C(N)N)c2)N(N)C(Oc2cc(C#N)ccc2C(=O)O)=C1[N+](=O)[O-]. The summed E-state index contributed by atoms with van der Waals surface area (Å²) in [4.78, 5) is 43.6. The summed E-state index contributed by atoms with van der Waals surface area (Å²) in [5, 5.41) is 41.8. The van der Waals surface area contributed by atoms with Crippen molar-refractivity contribution in [2.24, 2.45) is 33.2 Å². The highest BCUT2D eigenvalue weighted by Gasteiger charge is 2.45. The van der Waals surface area contributed by atoms with Crippen molar-refractivity contribution in [2.45, 2.75) is 12.8 Å². The summed E-state index contributed by atoms with van der Waals surface area (Å²) in [6, 6.07) is 11.1. The quantitative estimate of drug-likeness (QED) is 0.0776. The van der Waals surface area contributed by atoms with Crippen molar-refractivity contribution in [3.05, 3.63) is 75.3 Å². The Kier molecular flexibility index (Phi) is 9.68. The third-order valence-electron chi connectivity index (χ3n) is 5.45. The number of aliphatic imine (C=N–C) groups is 2. The van der Waals surface area contributed by atoms with Gasteiger partial charge in [0.2, 0.25) is 0 Å². The maximum atomic E-state index is 12.3. The van der Waals surface area contributed by atoms with E-state index in [-0.39, 0.29) is 29.4 Å². The lowest BCUT2D eigenvalue weighted by Crippen LogP contribution is -2.50. The van der Waals surface area contributed by atoms with E-state index in [4.69, 9.17) is 26.8 Å². The Morgan fingerprint density at radius 2 is 2.02 bits per heavy atom. The van der Waals surface area contributed by atoms with E-state index in [2.05, 4.69) is 9.98 Å². The summed E-state index contributed by atoms with van der Waals surface area (Å²) < 4.78 is 11.5. The zero-order chi connectivity index (χ0) is 30.3. The summed E-state index contributed by atoms with van der Waals surface area (Å²) in [6.07, 6.45) is 0.0518. The van der Waals surface area contributed by atoms with Gasteiger partial charge in [-0.25, -0.2) is 25.6 Å². The molecule has 0 radical (unpaired) electrons. The van der Waals surface area contributed by atoms with E-state index in [0.29, 0.717) is 10.8 Å². The van der Waals surface area contributed by atoms with Crippen LogP contribution in [0.4, 0.5) is 5.69 Å². The molecule has 0 aromatic heterocycles. The topological polar surface area (TPSA) is 266 Å². The van der Waals surface area contributed by atoms with E-state index in [9.17, 15) is 35.2 Å². The van der Waals surface area contributed by atoms with Crippen LogP contribution in [0.3, 0.4) is 0 Å². The summed E-state index contributed by atoms with van der Waals surface area (Å²) >= 11 is 1.31. The van der Waals surface area contributed by atoms with Gasteiger partial charge < -0.3 is 31.2 Å². The van der Waals surface area contributed by atoms with Crippen LogP contribution in [0, 0.1) is 27.4 Å². The minimum Gasteiger partial charge on any atom is -0.481 e. The Bertz CT molecular complexity index is 1500. The number of ether oxygens (including phenoxy) is 2. The van der Waals surface area contributed by atoms with Crippen molar-refractivity contribution in [1.29, 1.82) is 5.26 Å². The van der Waals surface area contributed by atoms with Crippen molar-refractivity contribution >= 4 is 41.1 Å². The molecule has 0 spiro atoms. The lowest BCUT2D eigenvalue weighted by Gasteiger charge is -2.32. The number of carbonyl (C=O) groups is 2. The van der Waals surface area contributed by atoms with Crippen molar-refractivity contribution in [2.75, 3.05) is 12.0 Å². The lowest BCUT2D eigenvalue weighted by molar-refractivity contribution is -0.420. The molecule has 1 aliphatic heterocycles. The number of carboxylic acids is 2. The first-order valence-corrected chi connectivity index (χ1v) is 12.9. The Labute approximate surface area is 236 Å². The molecule has 1 aliphatic rings. The number of nitro groups is 1. The van der Waals surface area contributed by atoms with Gasteiger partial charge in [0, 0.05) is 6.07 Å². The highest BCUT2D eigenvalue weighted by Crippen LogP contribution is 2.32. The maximum absolute atomic E-state index is 12.3. The summed E-state index contributed by atoms with van der Waals surface area (Å²) in [7, 11) is 0. The molecule has 0 bridgehead atoms. The molecule has 0 saturated carbocycles. The van der Waals surface area contributed by atoms with E-state index in [1.165, 1.54) is 36.0 Å². The van der Waals surface area contributed by atoms with Gasteiger partial charge in [-0.15, -0.1) is 0 Å². The van der Waals surface area contributed by atoms with Gasteiger partial charge >= 0.3 is 17.6 Å². The number of hydrogen-bond donors (Lipinski definition) is 5. The summed E-state index contributed by atoms with van der Waals surface area (Å²) in [5.41, 5.74) is 9.22. The van der Waals surface area contributed by atoms with Gasteiger partial charge in [-0.1, -0.05) is 6.07 Å². The minimum absolute atomic E-state index is 0.0192. The van der Waals surface area contributed by atoms with Gasteiger partial charge in [0.15, 0.2) is 5.96 Å². The molecule has 3 rings (SSSR count). The van der Waals surface area contributed by atoms with E-state index in [1.54, 1.807) is 12.3 Å². The number of nitrogens with two attached hydrogens (primary N) is 3. The Morgan fingerprint density at radius 3 is 2.61 bits per heavy atom. The first-order valence-electron chi connectivity index (χ1n) is 11.5. The van der Waals surface area contributed by atoms with Crippen molar-refractivity contribution in [1.82, 2.24) is 5.01 Å². The molecule has 2 aromatic rings. The fourth-order valence-electron chi connectivity index (χ4n) is 3.65. The van der Waals surface area contributed by atoms with Gasteiger partial charge in [0.25, 0.3) is 12.2 Å². The fourth-order valence-corrected chi connectivity index (χ4v) is 4.12. The molecule has 41 heavy (non-hydrogen) atoms. The van der Waals surface area contributed by atoms with Crippen LogP contribution >= 0.6 is 11.8 Å². The molecule has 0 amide bonds. The van der Waals surface area contributed by atoms with Crippen LogP contribution in [0.1, 0.15) is 22.3 Å². The number of carboxylic acid groups (broad SMARTS) is 2. The van der Waals surface area contributed by atoms with Crippen LogP contribution < -0.4 is 26.8 Å². The molecule has 2 atom stereocenters. The Morgan fingerprint density at radius 1 is 1.29 bits per heavy atom. The molecular formula is C24H24N8O8S. The molecule has 0 fully saturated rings. The van der Waals surface area contributed by atoms with Gasteiger partial charge in [-0.05, 0) is 48.8 Å². The molecule has 2 unspecified atom stereocenters. The van der Waals surface area contributed by atoms with Crippen LogP contribution in [0.2, 0.25) is 0 Å². The van der Waals surface area contributed by atoms with Crippen LogP contribution in [0.25, 0.3) is 0 Å². The number of benzene rings is 2. The number of nitrogens with zero attached hydrogens (tertiary/aromatic N) is 5. The highest BCUT2D eigenvalue weighted by molar-refractivity contribution is 7.98. The smallest absolute Gasteiger partial charge is 0.352 e. The second-order valence-corrected chi connectivity index (χ2v) is 9.20. The molecule has 8 N–H and O–H groups in total. The standard InChI is InChI=1S/C24H24N8O8S/c1-41-8-7-16(22(35)36)18-19(32(37)38)20(40-17-9-12(11-25)5-6-15(17)21(33)34)31(28)24(30-18)39-14-4-2-3-13(10-14)29-23(26)27/h2-6,9-10,16,24H,7-8,28H2,1H3,(H,33,34)(H,35,36)(H4,26,27,29). The normalized spacial score (nSPS) is 15.3. The number of guanidine groups is 1. The maximum Gasteiger partial charge on any atom is 0.352 e. The zero-order valence-corrected chi connectivity index (χ0v) is 22.1. The molecule has 1 heterocycles. The van der Waals surface area contributed by atoms with Crippen LogP contribution in [0.5, 0.6) is 11.5 Å². The number of thioether (sulfide) groups is 1. The van der Waals surface area contributed by atoms with Crippen molar-refractivity contribution < 1.29 is 34.2 Å². The van der Waals surface area contributed by atoms with E-state index in [1.807, 2.05) is 6.07 Å². The second-order valence-electron chi connectivity index (χ2n) is 8.21. The summed E-state index contributed by atoms with van der Waals surface area (Å²) in [6.45, 7) is 0. The fraction of sp³-hybridized carbons (Fsp3) is 0.208. The number of aliphatic carboxylic acids is 1. The molecule has 0 saturated heterocycles. The van der Waals surface area contributed by atoms with Gasteiger partial charge in [0.05, 0.1) is 22.2 Å². The number of nitriles is 1. The zero-order valence-electron chi connectivity index (χ0n) is 21.3. The van der Waals surface area contributed by atoms with E-state index < -0.39 is 57.7 Å². The number of allylic oxidation sites excluding steroid dienone is 1. The monoisotopic (exact) mass is 584 g/mol. The predicted molar refractivity (Wildman–Crippen MR) is 147 cm³/mol. The molecule has 2 aromatic carbocycles. The highest BCUT2D eigenvalue weighted by atomic mass is 32.2. The molecule has 17 heteroatoms.